The van der Waals surface area contributed by atoms with Crippen molar-refractivity contribution < 1.29 is 18.3 Å². The molecule has 4 nitrogen and oxygen atoms in total. The summed E-state index contributed by atoms with van der Waals surface area (Å²) in [7, 11) is 0. The Morgan fingerprint density at radius 2 is 2.24 bits per heavy atom. The number of pyridine rings is 1. The zero-order chi connectivity index (χ0) is 13.0. The van der Waals surface area contributed by atoms with Crippen molar-refractivity contribution in [2.75, 3.05) is 6.61 Å². The van der Waals surface area contributed by atoms with Crippen LogP contribution in [-0.4, -0.2) is 17.6 Å². The first kappa shape index (κ1) is 13.8. The van der Waals surface area contributed by atoms with Crippen molar-refractivity contribution in [1.82, 2.24) is 4.98 Å². The van der Waals surface area contributed by atoms with Crippen LogP contribution in [0.3, 0.4) is 0 Å². The fourth-order valence-corrected chi connectivity index (χ4v) is 1.63. The Bertz CT molecular complexity index is 473. The van der Waals surface area contributed by atoms with Gasteiger partial charge in [0.15, 0.2) is 0 Å². The zero-order valence-corrected chi connectivity index (χ0v) is 10.5. The van der Waals surface area contributed by atoms with Gasteiger partial charge in [0.05, 0.1) is 17.5 Å². The maximum atomic E-state index is 12.6. The average Bonchev–Trinajstić information content (AvgIpc) is 2.23. The summed E-state index contributed by atoms with van der Waals surface area (Å²) in [4.78, 5) is 24.8. The summed E-state index contributed by atoms with van der Waals surface area (Å²) in [5.74, 6) is -0.578. The molecule has 0 saturated heterocycles. The van der Waals surface area contributed by atoms with E-state index in [9.17, 15) is 18.4 Å². The second kappa shape index (κ2) is 5.90. The topological polar surface area (TPSA) is 59.2 Å². The minimum atomic E-state index is -2.78. The van der Waals surface area contributed by atoms with Crippen LogP contribution in [0.25, 0.3) is 0 Å². The number of hydrogen-bond acceptors (Lipinski definition) is 3. The average molecular weight is 310 g/mol. The predicted octanol–water partition coefficient (Wildman–Crippen LogP) is 2.18. The molecule has 0 aromatic carbocycles. The van der Waals surface area contributed by atoms with Crippen LogP contribution in [0.4, 0.5) is 8.78 Å². The Morgan fingerprint density at radius 1 is 1.59 bits per heavy atom. The summed E-state index contributed by atoms with van der Waals surface area (Å²) in [6.07, 6.45) is -3.02. The monoisotopic (exact) mass is 309 g/mol. The van der Waals surface area contributed by atoms with Crippen LogP contribution in [0.1, 0.15) is 24.6 Å². The van der Waals surface area contributed by atoms with Gasteiger partial charge < -0.3 is 9.72 Å². The number of ether oxygens (including phenoxy) is 1. The first-order chi connectivity index (χ1) is 7.95. The molecular formula is C10H10BrF2NO3. The lowest BCUT2D eigenvalue weighted by molar-refractivity contribution is -0.142. The number of nitrogens with one attached hydrogen (secondary N) is 1. The standard InChI is InChI=1S/C10H10BrF2NO3/c1-2-17-7(15)4-5-3-6(9(12)13)8(11)10(16)14-5/h3,9H,2,4H2,1H3,(H,14,16). The number of H-pyrrole nitrogens is 1. The van der Waals surface area contributed by atoms with Gasteiger partial charge in [-0.15, -0.1) is 0 Å². The quantitative estimate of drug-likeness (QED) is 0.867. The van der Waals surface area contributed by atoms with E-state index in [4.69, 9.17) is 0 Å². The molecule has 1 rings (SSSR count). The summed E-state index contributed by atoms with van der Waals surface area (Å²) < 4.78 is 29.6. The lowest BCUT2D eigenvalue weighted by atomic mass is 10.2. The minimum Gasteiger partial charge on any atom is -0.466 e. The van der Waals surface area contributed by atoms with E-state index in [1.54, 1.807) is 6.92 Å². The van der Waals surface area contributed by atoms with Gasteiger partial charge in [-0.25, -0.2) is 8.78 Å². The highest BCUT2D eigenvalue weighted by Crippen LogP contribution is 2.24. The number of carbonyl (C=O) groups excluding carboxylic acids is 1. The Hall–Kier alpha value is -1.24. The van der Waals surface area contributed by atoms with E-state index in [1.807, 2.05) is 0 Å². The summed E-state index contributed by atoms with van der Waals surface area (Å²) in [6, 6.07) is 1.08. The molecule has 1 heterocycles. The summed E-state index contributed by atoms with van der Waals surface area (Å²) >= 11 is 2.77. The number of halogens is 3. The SMILES string of the molecule is CCOC(=O)Cc1cc(C(F)F)c(Br)c(=O)[nH]1. The van der Waals surface area contributed by atoms with Crippen molar-refractivity contribution in [2.45, 2.75) is 19.8 Å². The van der Waals surface area contributed by atoms with Gasteiger partial charge in [0.25, 0.3) is 12.0 Å². The molecule has 0 aliphatic heterocycles. The molecule has 0 unspecified atom stereocenters. The number of esters is 1. The molecule has 94 valence electrons. The number of carbonyl (C=O) groups is 1. The fraction of sp³-hybridized carbons (Fsp3) is 0.400. The summed E-state index contributed by atoms with van der Waals surface area (Å²) in [5.41, 5.74) is -1.03. The van der Waals surface area contributed by atoms with E-state index >= 15 is 0 Å². The normalized spacial score (nSPS) is 10.6. The maximum absolute atomic E-state index is 12.6. The van der Waals surface area contributed by atoms with Crippen LogP contribution < -0.4 is 5.56 Å². The van der Waals surface area contributed by atoms with Crippen LogP contribution in [0.15, 0.2) is 15.3 Å². The Morgan fingerprint density at radius 3 is 2.76 bits per heavy atom. The highest BCUT2D eigenvalue weighted by molar-refractivity contribution is 9.10. The molecule has 1 aromatic rings. The van der Waals surface area contributed by atoms with E-state index < -0.39 is 23.5 Å². The van der Waals surface area contributed by atoms with E-state index in [0.717, 1.165) is 6.07 Å². The van der Waals surface area contributed by atoms with Crippen LogP contribution in [0, 0.1) is 0 Å². The van der Waals surface area contributed by atoms with Gasteiger partial charge in [0.1, 0.15) is 0 Å². The lowest BCUT2D eigenvalue weighted by Crippen LogP contribution is -2.16. The van der Waals surface area contributed by atoms with Gasteiger partial charge in [-0.05, 0) is 28.9 Å². The molecule has 0 amide bonds. The Kier molecular flexibility index (Phi) is 4.80. The highest BCUT2D eigenvalue weighted by atomic mass is 79.9. The molecule has 7 heteroatoms. The van der Waals surface area contributed by atoms with Crippen molar-refractivity contribution in [3.8, 4) is 0 Å². The lowest BCUT2D eigenvalue weighted by Gasteiger charge is -2.06. The zero-order valence-electron chi connectivity index (χ0n) is 8.93. The van der Waals surface area contributed by atoms with Gasteiger partial charge in [0, 0.05) is 11.3 Å². The Balaban J connectivity index is 3.03. The molecule has 0 atom stereocenters. The third kappa shape index (κ3) is 3.62. The third-order valence-electron chi connectivity index (χ3n) is 1.93. The molecular weight excluding hydrogens is 300 g/mol. The number of aromatic amines is 1. The smallest absolute Gasteiger partial charge is 0.311 e. The molecule has 0 radical (unpaired) electrons. The molecule has 1 aromatic heterocycles. The van der Waals surface area contributed by atoms with Gasteiger partial charge in [-0.2, -0.15) is 0 Å². The molecule has 0 spiro atoms. The summed E-state index contributed by atoms with van der Waals surface area (Å²) in [5, 5.41) is 0. The van der Waals surface area contributed by atoms with E-state index in [2.05, 4.69) is 25.7 Å². The molecule has 0 fully saturated rings. The second-order valence-electron chi connectivity index (χ2n) is 3.18. The van der Waals surface area contributed by atoms with Crippen LogP contribution >= 0.6 is 15.9 Å². The number of aromatic nitrogens is 1. The highest BCUT2D eigenvalue weighted by Gasteiger charge is 2.17. The van der Waals surface area contributed by atoms with Gasteiger partial charge in [-0.3, -0.25) is 9.59 Å². The minimum absolute atomic E-state index is 0.104. The van der Waals surface area contributed by atoms with Crippen molar-refractivity contribution >= 4 is 21.9 Å². The largest absolute Gasteiger partial charge is 0.466 e. The predicted molar refractivity (Wildman–Crippen MR) is 60.1 cm³/mol. The third-order valence-corrected chi connectivity index (χ3v) is 2.75. The maximum Gasteiger partial charge on any atom is 0.311 e. The van der Waals surface area contributed by atoms with Crippen molar-refractivity contribution in [3.05, 3.63) is 32.2 Å². The molecule has 0 aliphatic rings. The van der Waals surface area contributed by atoms with Gasteiger partial charge >= 0.3 is 5.97 Å². The van der Waals surface area contributed by atoms with E-state index in [1.165, 1.54) is 0 Å². The number of hydrogen-bond donors (Lipinski definition) is 1. The fourth-order valence-electron chi connectivity index (χ4n) is 1.24. The second-order valence-corrected chi connectivity index (χ2v) is 3.97. The molecule has 0 bridgehead atoms. The van der Waals surface area contributed by atoms with Crippen LogP contribution in [0.5, 0.6) is 0 Å². The number of rotatable bonds is 4. The number of alkyl halides is 2. The van der Waals surface area contributed by atoms with Crippen molar-refractivity contribution in [3.63, 3.8) is 0 Å². The van der Waals surface area contributed by atoms with E-state index in [-0.39, 0.29) is 23.2 Å². The van der Waals surface area contributed by atoms with Crippen molar-refractivity contribution in [1.29, 1.82) is 0 Å². The van der Waals surface area contributed by atoms with E-state index in [0.29, 0.717) is 0 Å². The molecule has 1 N–H and O–H groups in total. The summed E-state index contributed by atoms with van der Waals surface area (Å²) in [6.45, 7) is 1.83. The molecule has 0 aliphatic carbocycles. The molecule has 17 heavy (non-hydrogen) atoms. The van der Waals surface area contributed by atoms with Crippen LogP contribution in [-0.2, 0) is 16.0 Å². The Labute approximate surface area is 104 Å². The van der Waals surface area contributed by atoms with Gasteiger partial charge in [0.2, 0.25) is 0 Å². The molecule has 0 saturated carbocycles. The van der Waals surface area contributed by atoms with Crippen LogP contribution in [0.2, 0.25) is 0 Å². The van der Waals surface area contributed by atoms with Gasteiger partial charge in [-0.1, -0.05) is 0 Å². The van der Waals surface area contributed by atoms with Crippen molar-refractivity contribution in [2.24, 2.45) is 0 Å². The first-order valence-corrected chi connectivity index (χ1v) is 5.60. The first-order valence-electron chi connectivity index (χ1n) is 4.81.